The molecule has 0 unspecified atom stereocenters. The van der Waals surface area contributed by atoms with Gasteiger partial charge in [-0.1, -0.05) is 16.8 Å². The Hall–Kier alpha value is -2.87. The summed E-state index contributed by atoms with van der Waals surface area (Å²) < 4.78 is 10.5. The van der Waals surface area contributed by atoms with Crippen molar-refractivity contribution in [2.75, 3.05) is 13.7 Å². The first-order valence-electron chi connectivity index (χ1n) is 9.04. The second kappa shape index (κ2) is 7.63. The standard InChI is InChI=1S/C19H20ClN5O3/c1-11-3-4-13(17-23-18(28-24-17)15-8-14(20)9-22-15)10-25(11)19(26)12-5-6-21-16(7-12)27-2/h5-9,11,13,22H,3-4,10H2,1-2H3/t11-,13+/m1/s1. The molecule has 0 saturated carbocycles. The average molecular weight is 402 g/mol. The van der Waals surface area contributed by atoms with E-state index in [2.05, 4.69) is 27.0 Å². The van der Waals surface area contributed by atoms with Crippen molar-refractivity contribution in [2.45, 2.75) is 31.7 Å². The number of ether oxygens (including phenoxy) is 1. The van der Waals surface area contributed by atoms with Gasteiger partial charge in [0.25, 0.3) is 11.8 Å². The second-order valence-electron chi connectivity index (χ2n) is 6.86. The van der Waals surface area contributed by atoms with Crippen LogP contribution >= 0.6 is 11.6 Å². The fraction of sp³-hybridized carbons (Fsp3) is 0.368. The van der Waals surface area contributed by atoms with Crippen molar-refractivity contribution in [1.82, 2.24) is 25.0 Å². The van der Waals surface area contributed by atoms with E-state index >= 15 is 0 Å². The van der Waals surface area contributed by atoms with Crippen LogP contribution in [-0.4, -0.2) is 50.6 Å². The minimum Gasteiger partial charge on any atom is -0.481 e. The Balaban J connectivity index is 1.53. The first-order valence-corrected chi connectivity index (χ1v) is 9.42. The first-order chi connectivity index (χ1) is 13.5. The predicted octanol–water partition coefficient (Wildman–Crippen LogP) is 3.53. The van der Waals surface area contributed by atoms with Gasteiger partial charge in [0, 0.05) is 42.5 Å². The maximum absolute atomic E-state index is 13.0. The van der Waals surface area contributed by atoms with Crippen molar-refractivity contribution in [3.05, 3.63) is 47.0 Å². The molecule has 0 aliphatic carbocycles. The third-order valence-corrected chi connectivity index (χ3v) is 5.24. The summed E-state index contributed by atoms with van der Waals surface area (Å²) in [7, 11) is 1.53. The van der Waals surface area contributed by atoms with Gasteiger partial charge in [-0.15, -0.1) is 0 Å². The number of hydrogen-bond acceptors (Lipinski definition) is 6. The van der Waals surface area contributed by atoms with Crippen molar-refractivity contribution >= 4 is 17.5 Å². The number of piperidine rings is 1. The summed E-state index contributed by atoms with van der Waals surface area (Å²) in [6.45, 7) is 2.57. The predicted molar refractivity (Wildman–Crippen MR) is 102 cm³/mol. The summed E-state index contributed by atoms with van der Waals surface area (Å²) in [6, 6.07) is 5.20. The number of pyridine rings is 1. The van der Waals surface area contributed by atoms with E-state index in [4.69, 9.17) is 20.9 Å². The van der Waals surface area contributed by atoms with Gasteiger partial charge in [0.1, 0.15) is 5.69 Å². The lowest BCUT2D eigenvalue weighted by Gasteiger charge is -2.37. The van der Waals surface area contributed by atoms with Crippen LogP contribution in [0.15, 0.2) is 35.1 Å². The molecular weight excluding hydrogens is 382 g/mol. The summed E-state index contributed by atoms with van der Waals surface area (Å²) in [5.74, 6) is 1.35. The van der Waals surface area contributed by atoms with Crippen LogP contribution in [0.2, 0.25) is 5.02 Å². The molecule has 4 rings (SSSR count). The smallest absolute Gasteiger partial charge is 0.274 e. The van der Waals surface area contributed by atoms with Gasteiger partial charge in [0.2, 0.25) is 5.88 Å². The van der Waals surface area contributed by atoms with Gasteiger partial charge < -0.3 is 19.1 Å². The van der Waals surface area contributed by atoms with Gasteiger partial charge in [-0.3, -0.25) is 4.79 Å². The normalized spacial score (nSPS) is 19.6. The zero-order chi connectivity index (χ0) is 19.7. The van der Waals surface area contributed by atoms with Crippen LogP contribution in [-0.2, 0) is 0 Å². The molecule has 8 nitrogen and oxygen atoms in total. The molecule has 146 valence electrons. The number of methoxy groups -OCH3 is 1. The molecule has 3 aromatic heterocycles. The molecule has 1 saturated heterocycles. The number of carbonyl (C=O) groups excluding carboxylic acids is 1. The van der Waals surface area contributed by atoms with Crippen LogP contribution in [0.3, 0.4) is 0 Å². The van der Waals surface area contributed by atoms with Crippen LogP contribution in [0.4, 0.5) is 0 Å². The van der Waals surface area contributed by atoms with Gasteiger partial charge >= 0.3 is 0 Å². The molecule has 0 aromatic carbocycles. The summed E-state index contributed by atoms with van der Waals surface area (Å²) in [4.78, 5) is 26.5. The van der Waals surface area contributed by atoms with Crippen LogP contribution in [0.1, 0.15) is 41.9 Å². The summed E-state index contributed by atoms with van der Waals surface area (Å²) >= 11 is 5.94. The van der Waals surface area contributed by atoms with Crippen LogP contribution < -0.4 is 4.74 Å². The van der Waals surface area contributed by atoms with Crippen LogP contribution in [0.5, 0.6) is 5.88 Å². The number of aromatic nitrogens is 4. The lowest BCUT2D eigenvalue weighted by Crippen LogP contribution is -2.45. The largest absolute Gasteiger partial charge is 0.481 e. The van der Waals surface area contributed by atoms with Gasteiger partial charge in [-0.2, -0.15) is 4.98 Å². The second-order valence-corrected chi connectivity index (χ2v) is 7.29. The molecule has 1 amide bonds. The topological polar surface area (TPSA) is 97.1 Å². The molecule has 0 spiro atoms. The van der Waals surface area contributed by atoms with E-state index < -0.39 is 0 Å². The number of hydrogen-bond donors (Lipinski definition) is 1. The number of aromatic amines is 1. The molecule has 1 N–H and O–H groups in total. The molecule has 1 aliphatic rings. The Morgan fingerprint density at radius 2 is 2.25 bits per heavy atom. The minimum atomic E-state index is -0.0576. The lowest BCUT2D eigenvalue weighted by molar-refractivity contribution is 0.0604. The third-order valence-electron chi connectivity index (χ3n) is 5.02. The van der Waals surface area contributed by atoms with Gasteiger partial charge in [0.05, 0.1) is 12.1 Å². The highest BCUT2D eigenvalue weighted by molar-refractivity contribution is 6.30. The van der Waals surface area contributed by atoms with Crippen molar-refractivity contribution in [1.29, 1.82) is 0 Å². The van der Waals surface area contributed by atoms with E-state index in [0.29, 0.717) is 40.4 Å². The molecular formula is C19H20ClN5O3. The molecule has 1 fully saturated rings. The number of nitrogens with zero attached hydrogens (tertiary/aromatic N) is 4. The number of nitrogens with one attached hydrogen (secondary N) is 1. The molecule has 3 aromatic rings. The molecule has 9 heteroatoms. The first kappa shape index (κ1) is 18.5. The van der Waals surface area contributed by atoms with Crippen molar-refractivity contribution < 1.29 is 14.1 Å². The summed E-state index contributed by atoms with van der Waals surface area (Å²) in [5.41, 5.74) is 1.22. The van der Waals surface area contributed by atoms with E-state index in [1.54, 1.807) is 30.6 Å². The van der Waals surface area contributed by atoms with Crippen LogP contribution in [0.25, 0.3) is 11.6 Å². The Bertz CT molecular complexity index is 985. The maximum Gasteiger partial charge on any atom is 0.274 e. The SMILES string of the molecule is COc1cc(C(=O)N2C[C@@H](c3noc(-c4cc(Cl)c[nH]4)n3)CC[C@H]2C)ccn1. The molecule has 0 bridgehead atoms. The van der Waals surface area contributed by atoms with E-state index in [0.717, 1.165) is 12.8 Å². The average Bonchev–Trinajstić information content (AvgIpc) is 3.37. The van der Waals surface area contributed by atoms with Crippen molar-refractivity contribution in [2.24, 2.45) is 0 Å². The molecule has 28 heavy (non-hydrogen) atoms. The summed E-state index contributed by atoms with van der Waals surface area (Å²) in [5, 5.41) is 4.70. The fourth-order valence-electron chi connectivity index (χ4n) is 3.42. The van der Waals surface area contributed by atoms with Gasteiger partial charge in [-0.25, -0.2) is 4.98 Å². The maximum atomic E-state index is 13.0. The minimum absolute atomic E-state index is 0.00631. The fourth-order valence-corrected chi connectivity index (χ4v) is 3.59. The number of carbonyl (C=O) groups is 1. The highest BCUT2D eigenvalue weighted by atomic mass is 35.5. The monoisotopic (exact) mass is 401 g/mol. The van der Waals surface area contributed by atoms with Crippen molar-refractivity contribution in [3.63, 3.8) is 0 Å². The Morgan fingerprint density at radius 1 is 1.39 bits per heavy atom. The van der Waals surface area contributed by atoms with E-state index in [1.165, 1.54) is 7.11 Å². The van der Waals surface area contributed by atoms with E-state index in [1.807, 2.05) is 4.90 Å². The van der Waals surface area contributed by atoms with Gasteiger partial charge in [0.15, 0.2) is 5.82 Å². The van der Waals surface area contributed by atoms with Crippen molar-refractivity contribution in [3.8, 4) is 17.5 Å². The molecule has 4 heterocycles. The molecule has 0 radical (unpaired) electrons. The third kappa shape index (κ3) is 3.60. The zero-order valence-electron chi connectivity index (χ0n) is 15.6. The number of amides is 1. The Labute approximate surface area is 166 Å². The number of halogens is 1. The Kier molecular flexibility index (Phi) is 5.04. The van der Waals surface area contributed by atoms with Gasteiger partial charge in [-0.05, 0) is 31.9 Å². The highest BCUT2D eigenvalue weighted by Gasteiger charge is 2.33. The number of likely N-dealkylation sites (tertiary alicyclic amines) is 1. The number of rotatable bonds is 4. The van der Waals surface area contributed by atoms with E-state index in [9.17, 15) is 4.79 Å². The molecule has 2 atom stereocenters. The highest BCUT2D eigenvalue weighted by Crippen LogP contribution is 2.31. The Morgan fingerprint density at radius 3 is 3.00 bits per heavy atom. The van der Waals surface area contributed by atoms with Crippen LogP contribution in [0, 0.1) is 0 Å². The number of H-pyrrole nitrogens is 1. The quantitative estimate of drug-likeness (QED) is 0.718. The zero-order valence-corrected chi connectivity index (χ0v) is 16.3. The van der Waals surface area contributed by atoms with E-state index in [-0.39, 0.29) is 17.9 Å². The summed E-state index contributed by atoms with van der Waals surface area (Å²) in [6.07, 6.45) is 4.98. The molecule has 1 aliphatic heterocycles. The lowest BCUT2D eigenvalue weighted by atomic mass is 9.92.